The molecule has 0 unspecified atom stereocenters. The van der Waals surface area contributed by atoms with Crippen LogP contribution in [0.1, 0.15) is 37.5 Å². The molecule has 0 aromatic heterocycles. The highest BCUT2D eigenvalue weighted by Gasteiger charge is 2.23. The van der Waals surface area contributed by atoms with Gasteiger partial charge < -0.3 is 0 Å². The summed E-state index contributed by atoms with van der Waals surface area (Å²) in [5.74, 6) is 0. The van der Waals surface area contributed by atoms with Gasteiger partial charge in [0.2, 0.25) is 0 Å². The second kappa shape index (κ2) is 6.64. The number of urea groups is 1. The first-order valence-corrected chi connectivity index (χ1v) is 8.08. The zero-order valence-corrected chi connectivity index (χ0v) is 14.4. The maximum atomic E-state index is 12.2. The summed E-state index contributed by atoms with van der Waals surface area (Å²) in [4.78, 5) is 16.5. The van der Waals surface area contributed by atoms with Crippen LogP contribution in [-0.4, -0.2) is 20.0 Å². The molecule has 0 aliphatic rings. The molecule has 1 aromatic rings. The molecule has 0 aliphatic heterocycles. The fourth-order valence-corrected chi connectivity index (χ4v) is 3.09. The topological polar surface area (TPSA) is 93.7 Å². The first-order valence-electron chi connectivity index (χ1n) is 6.68. The number of hydrogen-bond acceptors (Lipinski definition) is 5. The monoisotopic (exact) mass is 330 g/mol. The van der Waals surface area contributed by atoms with Gasteiger partial charge in [-0.3, -0.25) is 4.84 Å². The number of hydroxylamine groups is 2. The minimum absolute atomic E-state index is 0.0372. The van der Waals surface area contributed by atoms with E-state index in [-0.39, 0.29) is 4.90 Å². The highest BCUT2D eigenvalue weighted by atomic mass is 32.2. The summed E-state index contributed by atoms with van der Waals surface area (Å²) in [6.07, 6.45) is 0. The van der Waals surface area contributed by atoms with Gasteiger partial charge in [-0.05, 0) is 52.7 Å². The molecule has 2 amide bonds. The Morgan fingerprint density at radius 2 is 1.55 bits per heavy atom. The van der Waals surface area contributed by atoms with Gasteiger partial charge in [0, 0.05) is 0 Å². The van der Waals surface area contributed by atoms with Crippen molar-refractivity contribution in [2.45, 2.75) is 52.0 Å². The van der Waals surface area contributed by atoms with Gasteiger partial charge in [-0.25, -0.2) is 10.3 Å². The average molecular weight is 330 g/mol. The van der Waals surface area contributed by atoms with E-state index < -0.39 is 21.8 Å². The third-order valence-electron chi connectivity index (χ3n) is 2.55. The predicted molar refractivity (Wildman–Crippen MR) is 81.4 cm³/mol. The Morgan fingerprint density at radius 1 is 1.05 bits per heavy atom. The standard InChI is InChI=1S/C14H22N2O5S/c1-9-7-10(2)12(11(3)8-9)22(18,19)21-16-13(17)15-20-14(4,5)6/h7-8H,1-6H3,(H2,15,16,17). The lowest BCUT2D eigenvalue weighted by molar-refractivity contribution is -0.0565. The Bertz CT molecular complexity index is 639. The Kier molecular flexibility index (Phi) is 5.55. The quantitative estimate of drug-likeness (QED) is 0.826. The molecule has 0 bridgehead atoms. The molecule has 1 aromatic carbocycles. The van der Waals surface area contributed by atoms with Crippen molar-refractivity contribution in [1.29, 1.82) is 0 Å². The number of amides is 2. The predicted octanol–water partition coefficient (Wildman–Crippen LogP) is 2.26. The molecule has 0 aliphatic carbocycles. The van der Waals surface area contributed by atoms with Gasteiger partial charge in [0.25, 0.3) is 0 Å². The van der Waals surface area contributed by atoms with Crippen molar-refractivity contribution in [3.05, 3.63) is 28.8 Å². The van der Waals surface area contributed by atoms with Crippen LogP contribution in [0.2, 0.25) is 0 Å². The van der Waals surface area contributed by atoms with Crippen LogP contribution < -0.4 is 11.0 Å². The molecule has 2 N–H and O–H groups in total. The molecule has 0 saturated carbocycles. The van der Waals surface area contributed by atoms with Crippen molar-refractivity contribution < 1.29 is 22.3 Å². The number of hydrogen-bond donors (Lipinski definition) is 2. The molecule has 0 heterocycles. The molecule has 22 heavy (non-hydrogen) atoms. The number of aryl methyl sites for hydroxylation is 3. The van der Waals surface area contributed by atoms with Crippen molar-refractivity contribution in [1.82, 2.24) is 11.0 Å². The van der Waals surface area contributed by atoms with Crippen LogP contribution >= 0.6 is 0 Å². The van der Waals surface area contributed by atoms with Gasteiger partial charge in [-0.15, -0.1) is 4.28 Å². The second-order valence-corrected chi connectivity index (χ2v) is 7.50. The van der Waals surface area contributed by atoms with Gasteiger partial charge in [0.15, 0.2) is 0 Å². The van der Waals surface area contributed by atoms with Crippen LogP contribution in [0.4, 0.5) is 4.79 Å². The van der Waals surface area contributed by atoms with E-state index in [1.54, 1.807) is 52.2 Å². The third kappa shape index (κ3) is 5.28. The zero-order valence-electron chi connectivity index (χ0n) is 13.6. The molecular formula is C14H22N2O5S. The summed E-state index contributed by atoms with van der Waals surface area (Å²) in [6.45, 7) is 10.4. The maximum Gasteiger partial charge on any atom is 0.363 e. The van der Waals surface area contributed by atoms with Crippen LogP contribution in [0.3, 0.4) is 0 Å². The van der Waals surface area contributed by atoms with Crippen LogP contribution in [0.25, 0.3) is 0 Å². The van der Waals surface area contributed by atoms with Crippen molar-refractivity contribution in [3.63, 3.8) is 0 Å². The molecule has 0 saturated heterocycles. The number of benzene rings is 1. The lowest BCUT2D eigenvalue weighted by Gasteiger charge is -2.19. The largest absolute Gasteiger partial charge is 0.363 e. The molecule has 8 heteroatoms. The number of carbonyl (C=O) groups excluding carboxylic acids is 1. The summed E-state index contributed by atoms with van der Waals surface area (Å²) in [5.41, 5.74) is 5.27. The maximum absolute atomic E-state index is 12.2. The van der Waals surface area contributed by atoms with Crippen molar-refractivity contribution >= 4 is 16.1 Å². The van der Waals surface area contributed by atoms with Gasteiger partial charge >= 0.3 is 16.1 Å². The first kappa shape index (κ1) is 18.4. The number of nitrogens with one attached hydrogen (secondary N) is 2. The van der Waals surface area contributed by atoms with Crippen LogP contribution in [0, 0.1) is 20.8 Å². The summed E-state index contributed by atoms with van der Waals surface area (Å²) in [7, 11) is -4.11. The molecule has 0 atom stereocenters. The number of rotatable bonds is 4. The van der Waals surface area contributed by atoms with Gasteiger partial charge in [0.05, 0.1) is 5.60 Å². The molecular weight excluding hydrogens is 308 g/mol. The zero-order chi connectivity index (χ0) is 17.1. The van der Waals surface area contributed by atoms with E-state index in [0.717, 1.165) is 5.56 Å². The molecule has 7 nitrogen and oxygen atoms in total. The Morgan fingerprint density at radius 3 is 2.00 bits per heavy atom. The van der Waals surface area contributed by atoms with E-state index in [1.807, 2.05) is 12.4 Å². The highest BCUT2D eigenvalue weighted by molar-refractivity contribution is 7.86. The van der Waals surface area contributed by atoms with E-state index >= 15 is 0 Å². The van der Waals surface area contributed by atoms with Crippen molar-refractivity contribution in [2.75, 3.05) is 0 Å². The molecule has 124 valence electrons. The van der Waals surface area contributed by atoms with Crippen molar-refractivity contribution in [3.8, 4) is 0 Å². The fraction of sp³-hybridized carbons (Fsp3) is 0.500. The first-order chi connectivity index (χ1) is 9.92. The Labute approximate surface area is 131 Å². The van der Waals surface area contributed by atoms with E-state index in [9.17, 15) is 13.2 Å². The third-order valence-corrected chi connectivity index (χ3v) is 4.00. The van der Waals surface area contributed by atoms with E-state index in [1.165, 1.54) is 0 Å². The van der Waals surface area contributed by atoms with Gasteiger partial charge in [0.1, 0.15) is 4.90 Å². The lowest BCUT2D eigenvalue weighted by atomic mass is 10.1. The average Bonchev–Trinajstić information content (AvgIpc) is 2.31. The molecule has 0 fully saturated rings. The van der Waals surface area contributed by atoms with Crippen LogP contribution in [-0.2, 0) is 19.2 Å². The van der Waals surface area contributed by atoms with Crippen molar-refractivity contribution in [2.24, 2.45) is 0 Å². The SMILES string of the molecule is Cc1cc(C)c(S(=O)(=O)ONC(=O)NOC(C)(C)C)c(C)c1. The summed E-state index contributed by atoms with van der Waals surface area (Å²) < 4.78 is 28.9. The molecule has 1 rings (SSSR count). The van der Waals surface area contributed by atoms with Crippen LogP contribution in [0.15, 0.2) is 17.0 Å². The molecule has 0 spiro atoms. The Hall–Kier alpha value is -1.64. The lowest BCUT2D eigenvalue weighted by Crippen LogP contribution is -2.41. The van der Waals surface area contributed by atoms with E-state index in [2.05, 4.69) is 4.28 Å². The fourth-order valence-electron chi connectivity index (χ4n) is 1.92. The van der Waals surface area contributed by atoms with E-state index in [0.29, 0.717) is 11.1 Å². The second-order valence-electron chi connectivity index (χ2n) is 6.01. The van der Waals surface area contributed by atoms with E-state index in [4.69, 9.17) is 4.84 Å². The highest BCUT2D eigenvalue weighted by Crippen LogP contribution is 2.22. The minimum Gasteiger partial charge on any atom is -0.266 e. The Balaban J connectivity index is 2.79. The molecule has 0 radical (unpaired) electrons. The minimum atomic E-state index is -4.11. The summed E-state index contributed by atoms with van der Waals surface area (Å²) in [6, 6.07) is 2.54. The van der Waals surface area contributed by atoms with Gasteiger partial charge in [-0.2, -0.15) is 13.9 Å². The number of carbonyl (C=O) groups is 1. The smallest absolute Gasteiger partial charge is 0.266 e. The van der Waals surface area contributed by atoms with Crippen LogP contribution in [0.5, 0.6) is 0 Å². The van der Waals surface area contributed by atoms with Gasteiger partial charge in [-0.1, -0.05) is 17.7 Å². The normalized spacial score (nSPS) is 12.1. The summed E-state index contributed by atoms with van der Waals surface area (Å²) >= 11 is 0. The summed E-state index contributed by atoms with van der Waals surface area (Å²) in [5, 5.41) is 0.